The number of ether oxygens (including phenoxy) is 2. The van der Waals surface area contributed by atoms with E-state index in [0.717, 1.165) is 145 Å². The Morgan fingerprint density at radius 2 is 1.24 bits per heavy atom. The van der Waals surface area contributed by atoms with Crippen molar-refractivity contribution in [1.82, 2.24) is 10.3 Å². The van der Waals surface area contributed by atoms with E-state index in [1.165, 1.54) is 116 Å². The predicted octanol–water partition coefficient (Wildman–Crippen LogP) is 16.7. The molecule has 0 spiro atoms. The molecule has 0 aromatic carbocycles. The number of carbonyl (C=O) groups excluding carboxylic acids is 3. The fourth-order valence-electron chi connectivity index (χ4n) is 14.7. The quantitative estimate of drug-likeness (QED) is 0.0217. The van der Waals surface area contributed by atoms with Crippen LogP contribution >= 0.6 is 0 Å². The minimum absolute atomic E-state index is 0.0237. The first-order valence-electron chi connectivity index (χ1n) is 31.4. The fourth-order valence-corrected chi connectivity index (χ4v) is 14.7. The molecule has 418 valence electrons. The molecular formula is C64H118N3O5+. The Morgan fingerprint density at radius 3 is 1.85 bits per heavy atom. The maximum absolute atomic E-state index is 13.5. The summed E-state index contributed by atoms with van der Waals surface area (Å²) in [4.78, 5) is 41.8. The number of nitrogens with zero attached hydrogens (tertiary/aromatic N) is 2. The average molecular weight is 1010 g/mol. The summed E-state index contributed by atoms with van der Waals surface area (Å²) in [5.41, 5.74) is 5.81. The van der Waals surface area contributed by atoms with Crippen LogP contribution in [0.5, 0.6) is 0 Å². The fraction of sp³-hybridized carbons (Fsp3) is 0.922. The zero-order valence-corrected chi connectivity index (χ0v) is 49.2. The van der Waals surface area contributed by atoms with E-state index in [-0.39, 0.29) is 35.5 Å². The molecular weight excluding hydrogens is 891 g/mol. The molecule has 4 aliphatic rings. The summed E-state index contributed by atoms with van der Waals surface area (Å²) in [5, 5.41) is 0. The molecule has 8 nitrogen and oxygen atoms in total. The van der Waals surface area contributed by atoms with Gasteiger partial charge in [-0.2, -0.15) is 5.43 Å². The Labute approximate surface area is 445 Å². The van der Waals surface area contributed by atoms with E-state index in [4.69, 9.17) is 9.47 Å². The summed E-state index contributed by atoms with van der Waals surface area (Å²) < 4.78 is 12.9. The molecule has 0 heterocycles. The van der Waals surface area contributed by atoms with Crippen LogP contribution in [0.25, 0.3) is 0 Å². The molecule has 0 aromatic heterocycles. The lowest BCUT2D eigenvalue weighted by Crippen LogP contribution is -2.51. The van der Waals surface area contributed by atoms with Crippen molar-refractivity contribution >= 4 is 17.8 Å². The van der Waals surface area contributed by atoms with Gasteiger partial charge in [0.1, 0.15) is 12.2 Å². The van der Waals surface area contributed by atoms with Crippen molar-refractivity contribution in [2.75, 3.05) is 40.8 Å². The monoisotopic (exact) mass is 1010 g/mol. The highest BCUT2D eigenvalue weighted by molar-refractivity contribution is 5.76. The molecule has 0 bridgehead atoms. The summed E-state index contributed by atoms with van der Waals surface area (Å²) in [6.07, 6.45) is 43.1. The molecule has 8 heteroatoms. The van der Waals surface area contributed by atoms with Gasteiger partial charge in [0, 0.05) is 38.8 Å². The number of rotatable bonds is 39. The average Bonchev–Trinajstić information content (AvgIpc) is 3.69. The van der Waals surface area contributed by atoms with Gasteiger partial charge >= 0.3 is 11.9 Å². The molecule has 1 amide bonds. The third-order valence-corrected chi connectivity index (χ3v) is 19.0. The minimum Gasteiger partial charge on any atom is -0.462 e. The Bertz CT molecular complexity index is 1540. The van der Waals surface area contributed by atoms with Crippen molar-refractivity contribution < 1.29 is 28.4 Å². The highest BCUT2D eigenvalue weighted by atomic mass is 16.5. The van der Waals surface area contributed by atoms with Crippen molar-refractivity contribution in [1.29, 1.82) is 0 Å². The third kappa shape index (κ3) is 21.6. The van der Waals surface area contributed by atoms with Gasteiger partial charge < -0.3 is 14.4 Å². The number of nitrogens with one attached hydrogen (secondary N) is 1. The first-order valence-corrected chi connectivity index (χ1v) is 31.4. The highest BCUT2D eigenvalue weighted by Gasteiger charge is 2.59. The second-order valence-corrected chi connectivity index (χ2v) is 26.2. The molecule has 3 fully saturated rings. The van der Waals surface area contributed by atoms with Gasteiger partial charge in [-0.3, -0.25) is 19.0 Å². The van der Waals surface area contributed by atoms with Crippen LogP contribution in [0.1, 0.15) is 280 Å². The molecule has 0 saturated heterocycles. The molecule has 4 rings (SSSR count). The van der Waals surface area contributed by atoms with Crippen LogP contribution in [-0.4, -0.2) is 80.3 Å². The number of fused-ring (bicyclic) bond motifs is 5. The molecule has 1 N–H and O–H groups in total. The van der Waals surface area contributed by atoms with E-state index in [2.05, 4.69) is 86.0 Å². The van der Waals surface area contributed by atoms with Gasteiger partial charge in [0.05, 0.1) is 27.7 Å². The Balaban J connectivity index is 1.14. The molecule has 4 aliphatic carbocycles. The molecule has 72 heavy (non-hydrogen) atoms. The molecule has 0 aromatic rings. The SMILES string of the molecule is CCCCCCCCC(CCCCCCCC)OC(=O)CCCCCCN(CCCCCCC(=O)OC1CCC2(C)C(=CCC3C2CCC2(C)C(C(C)CCCC(C)C)CCC32)C1)C(=O)CCN[N+](C)(C)C. The van der Waals surface area contributed by atoms with Crippen molar-refractivity contribution in [3.05, 3.63) is 11.6 Å². The van der Waals surface area contributed by atoms with E-state index in [0.29, 0.717) is 35.8 Å². The lowest BCUT2D eigenvalue weighted by Gasteiger charge is -2.58. The first-order chi connectivity index (χ1) is 34.5. The van der Waals surface area contributed by atoms with Crippen LogP contribution in [0.4, 0.5) is 0 Å². The normalized spacial score (nSPS) is 25.4. The van der Waals surface area contributed by atoms with E-state index < -0.39 is 0 Å². The zero-order chi connectivity index (χ0) is 52.4. The number of unbranched alkanes of at least 4 members (excludes halogenated alkanes) is 16. The number of hydrogen-bond donors (Lipinski definition) is 1. The summed E-state index contributed by atoms with van der Waals surface area (Å²) in [6, 6.07) is 0. The number of quaternary nitrogens is 1. The smallest absolute Gasteiger partial charge is 0.306 e. The van der Waals surface area contributed by atoms with Crippen molar-refractivity contribution in [2.24, 2.45) is 46.3 Å². The number of hydrogen-bond acceptors (Lipinski definition) is 6. The van der Waals surface area contributed by atoms with Crippen molar-refractivity contribution in [2.45, 2.75) is 292 Å². The van der Waals surface area contributed by atoms with Crippen LogP contribution in [0, 0.1) is 46.3 Å². The van der Waals surface area contributed by atoms with Crippen molar-refractivity contribution in [3.8, 4) is 0 Å². The van der Waals surface area contributed by atoms with Gasteiger partial charge in [-0.15, -0.1) is 0 Å². The molecule has 0 radical (unpaired) electrons. The van der Waals surface area contributed by atoms with E-state index in [1.807, 2.05) is 0 Å². The van der Waals surface area contributed by atoms with E-state index >= 15 is 0 Å². The summed E-state index contributed by atoms with van der Waals surface area (Å²) in [5.74, 6) is 5.19. The number of esters is 2. The summed E-state index contributed by atoms with van der Waals surface area (Å²) >= 11 is 0. The lowest BCUT2D eigenvalue weighted by atomic mass is 9.47. The van der Waals surface area contributed by atoms with Gasteiger partial charge in [-0.25, -0.2) is 0 Å². The predicted molar refractivity (Wildman–Crippen MR) is 302 cm³/mol. The number of allylic oxidation sites excluding steroid dienone is 1. The van der Waals surface area contributed by atoms with Crippen LogP contribution in [0.2, 0.25) is 0 Å². The van der Waals surface area contributed by atoms with Crippen LogP contribution in [-0.2, 0) is 23.9 Å². The molecule has 3 saturated carbocycles. The second-order valence-electron chi connectivity index (χ2n) is 26.2. The molecule has 8 unspecified atom stereocenters. The van der Waals surface area contributed by atoms with Gasteiger partial charge in [-0.1, -0.05) is 169 Å². The van der Waals surface area contributed by atoms with Gasteiger partial charge in [0.2, 0.25) is 5.91 Å². The van der Waals surface area contributed by atoms with Gasteiger partial charge in [0.15, 0.2) is 0 Å². The van der Waals surface area contributed by atoms with Crippen molar-refractivity contribution in [3.63, 3.8) is 0 Å². The van der Waals surface area contributed by atoms with Crippen LogP contribution in [0.15, 0.2) is 11.6 Å². The number of amides is 1. The highest BCUT2D eigenvalue weighted by Crippen LogP contribution is 2.67. The van der Waals surface area contributed by atoms with Gasteiger partial charge in [-0.05, 0) is 143 Å². The summed E-state index contributed by atoms with van der Waals surface area (Å²) in [7, 11) is 6.24. The lowest BCUT2D eigenvalue weighted by molar-refractivity contribution is -0.915. The standard InChI is InChI=1S/C64H118N3O5/c1-11-13-15-17-19-25-34-54(35-26-20-18-16-14-12-2)71-61(69)36-27-21-23-29-48-66(60(68)44-47-65-67(8,9)10)49-30-24-22-28-37-62(70)72-55-42-45-63(6)53(50-55)38-39-56-58-41-40-57(52(5)33-31-32-51(3)4)64(58,7)46-43-59(56)63/h38,51-52,54-59,65H,11-37,39-50H2,1-10H3/q+1. The number of carbonyl (C=O) groups is 3. The maximum Gasteiger partial charge on any atom is 0.306 e. The van der Waals surface area contributed by atoms with E-state index in [9.17, 15) is 14.4 Å². The summed E-state index contributed by atoms with van der Waals surface area (Å²) in [6.45, 7) is 19.3. The second kappa shape index (κ2) is 33.3. The Hall–Kier alpha value is -1.93. The Kier molecular flexibility index (Phi) is 28.9. The molecule has 0 aliphatic heterocycles. The first kappa shape index (κ1) is 62.6. The Morgan fingerprint density at radius 1 is 0.653 bits per heavy atom. The topological polar surface area (TPSA) is 84.9 Å². The minimum atomic E-state index is -0.0261. The zero-order valence-electron chi connectivity index (χ0n) is 49.2. The third-order valence-electron chi connectivity index (χ3n) is 19.0. The van der Waals surface area contributed by atoms with Crippen LogP contribution < -0.4 is 5.43 Å². The molecule has 8 atom stereocenters. The van der Waals surface area contributed by atoms with E-state index in [1.54, 1.807) is 5.57 Å². The maximum atomic E-state index is 13.5. The van der Waals surface area contributed by atoms with Crippen LogP contribution in [0.3, 0.4) is 0 Å². The van der Waals surface area contributed by atoms with Gasteiger partial charge in [0.25, 0.3) is 0 Å². The largest absolute Gasteiger partial charge is 0.462 e.